The van der Waals surface area contributed by atoms with Gasteiger partial charge in [-0.25, -0.2) is 0 Å². The lowest BCUT2D eigenvalue weighted by Gasteiger charge is -2.21. The first-order valence-electron chi connectivity index (χ1n) is 10.6. The topological polar surface area (TPSA) is 68.8 Å². The number of furan rings is 2. The van der Waals surface area contributed by atoms with Crippen LogP contribution in [-0.2, 0) is 0 Å². The van der Waals surface area contributed by atoms with Crippen molar-refractivity contribution in [2.75, 3.05) is 24.9 Å². The van der Waals surface area contributed by atoms with Crippen LogP contribution < -0.4 is 20.1 Å². The maximum atomic E-state index is 6.05. The van der Waals surface area contributed by atoms with Crippen LogP contribution in [0, 0.1) is 13.8 Å². The molecule has 8 heteroatoms. The molecule has 0 fully saturated rings. The van der Waals surface area contributed by atoms with Gasteiger partial charge >= 0.3 is 0 Å². The molecule has 0 spiro atoms. The number of hydrogen-bond acceptors (Lipinski definition) is 5. The lowest BCUT2D eigenvalue weighted by Crippen LogP contribution is -2.21. The summed E-state index contributed by atoms with van der Waals surface area (Å²) in [7, 11) is 3.21. The van der Waals surface area contributed by atoms with E-state index in [0.717, 1.165) is 44.5 Å². The van der Waals surface area contributed by atoms with E-state index in [9.17, 15) is 0 Å². The van der Waals surface area contributed by atoms with E-state index in [-0.39, 0.29) is 5.92 Å². The van der Waals surface area contributed by atoms with E-state index >= 15 is 0 Å². The quantitative estimate of drug-likeness (QED) is 0.239. The first-order chi connectivity index (χ1) is 16.4. The molecular weight excluding hydrogens is 516 g/mol. The minimum Gasteiger partial charge on any atom is -0.493 e. The molecule has 4 aromatic rings. The summed E-state index contributed by atoms with van der Waals surface area (Å²) in [6.07, 6.45) is 0. The minimum atomic E-state index is -0.333. The Morgan fingerprint density at radius 2 is 1.38 bits per heavy atom. The molecule has 0 aliphatic rings. The summed E-state index contributed by atoms with van der Waals surface area (Å²) in [5.74, 6) is 3.94. The molecule has 2 heterocycles. The second-order valence-corrected chi connectivity index (χ2v) is 9.03. The van der Waals surface area contributed by atoms with Crippen LogP contribution in [0.15, 0.2) is 74.0 Å². The first-order valence-corrected chi connectivity index (χ1v) is 11.8. The van der Waals surface area contributed by atoms with E-state index in [1.54, 1.807) is 14.2 Å². The number of methoxy groups -OCH3 is 2. The van der Waals surface area contributed by atoms with Gasteiger partial charge in [-0.1, -0.05) is 15.9 Å². The van der Waals surface area contributed by atoms with Gasteiger partial charge in [-0.2, -0.15) is 0 Å². The molecule has 34 heavy (non-hydrogen) atoms. The van der Waals surface area contributed by atoms with Gasteiger partial charge in [0.1, 0.15) is 29.0 Å². The number of thiocarbonyl (C=S) groups is 1. The molecule has 2 aromatic heterocycles. The largest absolute Gasteiger partial charge is 0.493 e. The predicted molar refractivity (Wildman–Crippen MR) is 141 cm³/mol. The third kappa shape index (κ3) is 5.29. The Morgan fingerprint density at radius 1 is 0.824 bits per heavy atom. The molecule has 0 aliphatic carbocycles. The molecule has 0 bridgehead atoms. The van der Waals surface area contributed by atoms with Crippen LogP contribution in [0.3, 0.4) is 0 Å². The van der Waals surface area contributed by atoms with Crippen molar-refractivity contribution in [3.63, 3.8) is 0 Å². The molecule has 0 saturated carbocycles. The van der Waals surface area contributed by atoms with E-state index in [1.165, 1.54) is 0 Å². The second-order valence-electron chi connectivity index (χ2n) is 7.71. The average molecular weight is 541 g/mol. The molecular formula is C26H25BrN2O4S. The standard InChI is InChI=1S/C26H25BrN2O4S/c1-15-5-11-21(32-15)25(22-12-6-16(2)33-22)19-13-23(30-3)24(31-4)14-20(19)29-26(34)28-18-9-7-17(27)8-10-18/h5-14,25H,1-4H3,(H2,28,29,34). The highest BCUT2D eigenvalue weighted by molar-refractivity contribution is 9.10. The fraction of sp³-hybridized carbons (Fsp3) is 0.192. The number of halogens is 1. The molecule has 4 rings (SSSR count). The molecule has 0 atom stereocenters. The molecule has 6 nitrogen and oxygen atoms in total. The molecule has 2 N–H and O–H groups in total. The van der Waals surface area contributed by atoms with Crippen molar-refractivity contribution in [2.45, 2.75) is 19.8 Å². The lowest BCUT2D eigenvalue weighted by molar-refractivity contribution is 0.354. The van der Waals surface area contributed by atoms with Crippen LogP contribution >= 0.6 is 28.1 Å². The average Bonchev–Trinajstić information content (AvgIpc) is 3.44. The highest BCUT2D eigenvalue weighted by atomic mass is 79.9. The van der Waals surface area contributed by atoms with Crippen molar-refractivity contribution in [1.82, 2.24) is 0 Å². The normalized spacial score (nSPS) is 10.9. The Bertz CT molecular complexity index is 1260. The predicted octanol–water partition coefficient (Wildman–Crippen LogP) is 7.26. The Balaban J connectivity index is 1.79. The molecule has 0 unspecified atom stereocenters. The Labute approximate surface area is 212 Å². The minimum absolute atomic E-state index is 0.333. The molecule has 0 aliphatic heterocycles. The lowest BCUT2D eigenvalue weighted by atomic mass is 9.92. The second kappa shape index (κ2) is 10.4. The van der Waals surface area contributed by atoms with Crippen molar-refractivity contribution in [3.8, 4) is 11.5 Å². The van der Waals surface area contributed by atoms with Gasteiger partial charge in [0, 0.05) is 21.9 Å². The Hall–Kier alpha value is -3.23. The maximum absolute atomic E-state index is 6.05. The number of rotatable bonds is 7. The van der Waals surface area contributed by atoms with Gasteiger partial charge in [0.25, 0.3) is 0 Å². The number of hydrogen-bond donors (Lipinski definition) is 2. The summed E-state index contributed by atoms with van der Waals surface area (Å²) in [6.45, 7) is 3.83. The zero-order valence-electron chi connectivity index (χ0n) is 19.3. The van der Waals surface area contributed by atoms with Crippen LogP contribution in [0.4, 0.5) is 11.4 Å². The number of anilines is 2. The fourth-order valence-electron chi connectivity index (χ4n) is 3.72. The molecule has 2 aromatic carbocycles. The molecule has 0 amide bonds. The molecule has 0 radical (unpaired) electrons. The van der Waals surface area contributed by atoms with Crippen molar-refractivity contribution >= 4 is 44.6 Å². The van der Waals surface area contributed by atoms with Crippen molar-refractivity contribution in [3.05, 3.63) is 93.7 Å². The van der Waals surface area contributed by atoms with Crippen molar-refractivity contribution < 1.29 is 18.3 Å². The number of ether oxygens (including phenoxy) is 2. The first kappa shape index (κ1) is 23.9. The number of benzene rings is 2. The Kier molecular flexibility index (Phi) is 7.29. The van der Waals surface area contributed by atoms with Crippen LogP contribution in [0.25, 0.3) is 0 Å². The van der Waals surface area contributed by atoms with Gasteiger partial charge in [-0.05, 0) is 86.2 Å². The van der Waals surface area contributed by atoms with E-state index in [2.05, 4.69) is 26.6 Å². The maximum Gasteiger partial charge on any atom is 0.175 e. The summed E-state index contributed by atoms with van der Waals surface area (Å²) in [4.78, 5) is 0. The highest BCUT2D eigenvalue weighted by Crippen LogP contribution is 2.43. The third-order valence-electron chi connectivity index (χ3n) is 5.31. The molecule has 0 saturated heterocycles. The van der Waals surface area contributed by atoms with Crippen LogP contribution in [-0.4, -0.2) is 19.3 Å². The van der Waals surface area contributed by atoms with Gasteiger partial charge in [0.2, 0.25) is 0 Å². The van der Waals surface area contributed by atoms with Crippen LogP contribution in [0.5, 0.6) is 11.5 Å². The van der Waals surface area contributed by atoms with Gasteiger partial charge < -0.3 is 28.9 Å². The van der Waals surface area contributed by atoms with E-state index in [4.69, 9.17) is 30.5 Å². The summed E-state index contributed by atoms with van der Waals surface area (Å²) in [5.41, 5.74) is 2.46. The fourth-order valence-corrected chi connectivity index (χ4v) is 4.22. The highest BCUT2D eigenvalue weighted by Gasteiger charge is 2.28. The van der Waals surface area contributed by atoms with E-state index in [0.29, 0.717) is 16.6 Å². The van der Waals surface area contributed by atoms with Crippen molar-refractivity contribution in [2.24, 2.45) is 0 Å². The smallest absolute Gasteiger partial charge is 0.175 e. The molecule has 176 valence electrons. The van der Waals surface area contributed by atoms with Crippen molar-refractivity contribution in [1.29, 1.82) is 0 Å². The monoisotopic (exact) mass is 540 g/mol. The number of aryl methyl sites for hydroxylation is 2. The zero-order chi connectivity index (χ0) is 24.2. The summed E-state index contributed by atoms with van der Waals surface area (Å²) < 4.78 is 24.3. The van der Waals surface area contributed by atoms with Gasteiger partial charge in [0.05, 0.1) is 14.2 Å². The van der Waals surface area contributed by atoms with Gasteiger partial charge in [0.15, 0.2) is 16.6 Å². The summed E-state index contributed by atoms with van der Waals surface area (Å²) in [5, 5.41) is 6.97. The van der Waals surface area contributed by atoms with Gasteiger partial charge in [-0.15, -0.1) is 0 Å². The van der Waals surface area contributed by atoms with Crippen LogP contribution in [0.1, 0.15) is 34.5 Å². The summed E-state index contributed by atoms with van der Waals surface area (Å²) >= 11 is 9.07. The Morgan fingerprint density at radius 3 is 1.88 bits per heavy atom. The van der Waals surface area contributed by atoms with E-state index in [1.807, 2.05) is 74.5 Å². The van der Waals surface area contributed by atoms with Gasteiger partial charge in [-0.3, -0.25) is 0 Å². The van der Waals surface area contributed by atoms with Crippen LogP contribution in [0.2, 0.25) is 0 Å². The number of nitrogens with one attached hydrogen (secondary N) is 2. The zero-order valence-corrected chi connectivity index (χ0v) is 21.7. The van der Waals surface area contributed by atoms with E-state index < -0.39 is 0 Å². The third-order valence-corrected chi connectivity index (χ3v) is 6.04. The summed E-state index contributed by atoms with van der Waals surface area (Å²) in [6, 6.07) is 19.3. The SMILES string of the molecule is COc1cc(NC(=S)Nc2ccc(Br)cc2)c(C(c2ccc(C)o2)c2ccc(C)o2)cc1OC.